The van der Waals surface area contributed by atoms with Crippen molar-refractivity contribution in [2.45, 2.75) is 26.4 Å². The number of aromatic nitrogens is 1. The minimum absolute atomic E-state index is 0.269. The van der Waals surface area contributed by atoms with Crippen LogP contribution in [-0.2, 0) is 16.6 Å². The van der Waals surface area contributed by atoms with Gasteiger partial charge in [0.2, 0.25) is 10.0 Å². The molecule has 2 amide bonds. The number of urea groups is 1. The van der Waals surface area contributed by atoms with Crippen molar-refractivity contribution in [1.82, 2.24) is 15.4 Å². The lowest BCUT2D eigenvalue weighted by Crippen LogP contribution is -2.38. The minimum Gasteiger partial charge on any atom is -0.361 e. The second kappa shape index (κ2) is 7.56. The van der Waals surface area contributed by atoms with E-state index in [1.165, 1.54) is 4.90 Å². The molecule has 2 rings (SSSR count). The summed E-state index contributed by atoms with van der Waals surface area (Å²) in [6, 6.07) is 8.09. The molecule has 1 atom stereocenters. The van der Waals surface area contributed by atoms with Gasteiger partial charge in [-0.25, -0.2) is 13.2 Å². The first-order chi connectivity index (χ1) is 11.6. The van der Waals surface area contributed by atoms with Crippen molar-refractivity contribution in [2.24, 2.45) is 0 Å². The summed E-state index contributed by atoms with van der Waals surface area (Å²) < 4.78 is 30.0. The molecule has 1 aromatic heterocycles. The topological polar surface area (TPSA) is 105 Å². The predicted octanol–water partition coefficient (Wildman–Crippen LogP) is 2.26. The van der Waals surface area contributed by atoms with Gasteiger partial charge in [-0.15, -0.1) is 0 Å². The van der Waals surface area contributed by atoms with Crippen LogP contribution in [0, 0.1) is 6.92 Å². The van der Waals surface area contributed by atoms with E-state index in [9.17, 15) is 13.2 Å². The van der Waals surface area contributed by atoms with Crippen molar-refractivity contribution in [3.8, 4) is 0 Å². The van der Waals surface area contributed by atoms with E-state index >= 15 is 0 Å². The Kier molecular flexibility index (Phi) is 5.68. The Morgan fingerprint density at radius 1 is 1.36 bits per heavy atom. The van der Waals surface area contributed by atoms with Gasteiger partial charge in [0.05, 0.1) is 18.8 Å². The van der Waals surface area contributed by atoms with Crippen LogP contribution in [0.3, 0.4) is 0 Å². The number of carbonyl (C=O) groups is 1. The first kappa shape index (κ1) is 18.8. The first-order valence-corrected chi connectivity index (χ1v) is 9.55. The standard InChI is InChI=1S/C16H22N4O4S/c1-11-8-15(18-24-11)10-20(3)16(21)17-12(2)13-6-5-7-14(9-13)19-25(4,22)23/h5-9,12,19H,10H2,1-4H3,(H,17,21). The maximum Gasteiger partial charge on any atom is 0.317 e. The molecule has 1 unspecified atom stereocenters. The van der Waals surface area contributed by atoms with Crippen molar-refractivity contribution in [1.29, 1.82) is 0 Å². The number of rotatable bonds is 6. The van der Waals surface area contributed by atoms with E-state index < -0.39 is 10.0 Å². The lowest BCUT2D eigenvalue weighted by molar-refractivity contribution is 0.202. The van der Waals surface area contributed by atoms with Crippen molar-refractivity contribution in [3.63, 3.8) is 0 Å². The van der Waals surface area contributed by atoms with E-state index in [-0.39, 0.29) is 12.1 Å². The molecule has 0 aliphatic rings. The van der Waals surface area contributed by atoms with Crippen LogP contribution in [-0.4, -0.2) is 37.8 Å². The van der Waals surface area contributed by atoms with Crippen LogP contribution >= 0.6 is 0 Å². The third-order valence-electron chi connectivity index (χ3n) is 3.45. The summed E-state index contributed by atoms with van der Waals surface area (Å²) in [5.74, 6) is 0.687. The number of aryl methyl sites for hydroxylation is 1. The molecular weight excluding hydrogens is 344 g/mol. The van der Waals surface area contributed by atoms with Gasteiger partial charge in [0.15, 0.2) is 0 Å². The van der Waals surface area contributed by atoms with Crippen molar-refractivity contribution >= 4 is 21.7 Å². The van der Waals surface area contributed by atoms with E-state index in [0.29, 0.717) is 23.7 Å². The molecule has 0 aliphatic heterocycles. The molecule has 0 aliphatic carbocycles. The quantitative estimate of drug-likeness (QED) is 0.816. The second-order valence-corrected chi connectivity index (χ2v) is 7.70. The minimum atomic E-state index is -3.35. The molecule has 0 bridgehead atoms. The lowest BCUT2D eigenvalue weighted by atomic mass is 10.1. The summed E-state index contributed by atoms with van der Waals surface area (Å²) in [6.07, 6.45) is 1.09. The average Bonchev–Trinajstić information content (AvgIpc) is 2.90. The van der Waals surface area contributed by atoms with Crippen LogP contribution in [0.25, 0.3) is 0 Å². The van der Waals surface area contributed by atoms with E-state index in [0.717, 1.165) is 11.8 Å². The molecule has 136 valence electrons. The second-order valence-electron chi connectivity index (χ2n) is 5.96. The number of nitrogens with zero attached hydrogens (tertiary/aromatic N) is 2. The number of amides is 2. The van der Waals surface area contributed by atoms with Crippen LogP contribution in [0.4, 0.5) is 10.5 Å². The number of carbonyl (C=O) groups excluding carboxylic acids is 1. The molecule has 0 saturated carbocycles. The summed E-state index contributed by atoms with van der Waals surface area (Å²) in [5.41, 5.74) is 1.90. The summed E-state index contributed by atoms with van der Waals surface area (Å²) in [4.78, 5) is 13.8. The Morgan fingerprint density at radius 2 is 2.08 bits per heavy atom. The molecule has 0 spiro atoms. The fourth-order valence-corrected chi connectivity index (χ4v) is 2.83. The third kappa shape index (κ3) is 5.79. The zero-order valence-electron chi connectivity index (χ0n) is 14.6. The molecule has 1 heterocycles. The van der Waals surface area contributed by atoms with Gasteiger partial charge in [0, 0.05) is 18.8 Å². The van der Waals surface area contributed by atoms with Crippen molar-refractivity contribution < 1.29 is 17.7 Å². The normalized spacial score (nSPS) is 12.5. The smallest absolute Gasteiger partial charge is 0.317 e. The van der Waals surface area contributed by atoms with Crippen LogP contribution in [0.2, 0.25) is 0 Å². The van der Waals surface area contributed by atoms with Gasteiger partial charge < -0.3 is 14.7 Å². The summed E-state index contributed by atoms with van der Waals surface area (Å²) in [7, 11) is -1.69. The van der Waals surface area contributed by atoms with Crippen LogP contribution < -0.4 is 10.0 Å². The van der Waals surface area contributed by atoms with E-state index in [2.05, 4.69) is 15.2 Å². The van der Waals surface area contributed by atoms with Gasteiger partial charge in [0.25, 0.3) is 0 Å². The van der Waals surface area contributed by atoms with Crippen molar-refractivity contribution in [2.75, 3.05) is 18.0 Å². The number of hydrogen-bond donors (Lipinski definition) is 2. The van der Waals surface area contributed by atoms with Crippen molar-refractivity contribution in [3.05, 3.63) is 47.3 Å². The van der Waals surface area contributed by atoms with Gasteiger partial charge in [-0.1, -0.05) is 17.3 Å². The summed E-state index contributed by atoms with van der Waals surface area (Å²) in [5, 5.41) is 6.72. The lowest BCUT2D eigenvalue weighted by Gasteiger charge is -2.21. The number of benzene rings is 1. The number of hydrogen-bond acceptors (Lipinski definition) is 5. The van der Waals surface area contributed by atoms with Gasteiger partial charge in [-0.05, 0) is 31.5 Å². The largest absolute Gasteiger partial charge is 0.361 e. The van der Waals surface area contributed by atoms with Crippen LogP contribution in [0.5, 0.6) is 0 Å². The fourth-order valence-electron chi connectivity index (χ4n) is 2.27. The maximum absolute atomic E-state index is 12.3. The molecule has 1 aromatic carbocycles. The Labute approximate surface area is 147 Å². The molecule has 2 aromatic rings. The predicted molar refractivity (Wildman–Crippen MR) is 94.6 cm³/mol. The van der Waals surface area contributed by atoms with Gasteiger partial charge >= 0.3 is 6.03 Å². The molecule has 8 nitrogen and oxygen atoms in total. The highest BCUT2D eigenvalue weighted by atomic mass is 32.2. The molecule has 0 radical (unpaired) electrons. The zero-order valence-corrected chi connectivity index (χ0v) is 15.4. The molecule has 25 heavy (non-hydrogen) atoms. The third-order valence-corrected chi connectivity index (χ3v) is 4.06. The number of sulfonamides is 1. The summed E-state index contributed by atoms with van der Waals surface area (Å²) in [6.45, 7) is 3.94. The average molecular weight is 366 g/mol. The maximum atomic E-state index is 12.3. The number of anilines is 1. The van der Waals surface area contributed by atoms with Gasteiger partial charge in [0.1, 0.15) is 11.5 Å². The summed E-state index contributed by atoms with van der Waals surface area (Å²) >= 11 is 0. The highest BCUT2D eigenvalue weighted by Crippen LogP contribution is 2.18. The van der Waals surface area contributed by atoms with Crippen LogP contribution in [0.15, 0.2) is 34.9 Å². The molecule has 0 fully saturated rings. The molecular formula is C16H22N4O4S. The molecule has 2 N–H and O–H groups in total. The van der Waals surface area contributed by atoms with Gasteiger partial charge in [-0.2, -0.15) is 0 Å². The SMILES string of the molecule is Cc1cc(CN(C)C(=O)NC(C)c2cccc(NS(C)(=O)=O)c2)no1. The Hall–Kier alpha value is -2.55. The molecule has 9 heteroatoms. The Balaban J connectivity index is 1.99. The van der Waals surface area contributed by atoms with Gasteiger partial charge in [-0.3, -0.25) is 4.72 Å². The zero-order chi connectivity index (χ0) is 18.6. The first-order valence-electron chi connectivity index (χ1n) is 7.65. The van der Waals surface area contributed by atoms with E-state index in [1.807, 2.05) is 13.0 Å². The highest BCUT2D eigenvalue weighted by Gasteiger charge is 2.15. The van der Waals surface area contributed by atoms with E-state index in [1.54, 1.807) is 38.2 Å². The number of nitrogens with one attached hydrogen (secondary N) is 2. The molecule has 0 saturated heterocycles. The Bertz CT molecular complexity index is 847. The Morgan fingerprint density at radius 3 is 2.68 bits per heavy atom. The highest BCUT2D eigenvalue weighted by molar-refractivity contribution is 7.92. The van der Waals surface area contributed by atoms with Crippen LogP contribution in [0.1, 0.15) is 30.0 Å². The fraction of sp³-hybridized carbons (Fsp3) is 0.375. The van der Waals surface area contributed by atoms with E-state index in [4.69, 9.17) is 4.52 Å². The monoisotopic (exact) mass is 366 g/mol.